The van der Waals surface area contributed by atoms with E-state index in [2.05, 4.69) is 6.07 Å². The third-order valence-corrected chi connectivity index (χ3v) is 4.02. The second-order valence-corrected chi connectivity index (χ2v) is 5.03. The van der Waals surface area contributed by atoms with Gasteiger partial charge < -0.3 is 9.64 Å². The standard InChI is InChI=1S/C16H20N2O2/c1-3-16(4-2,12-17)15(19)18-10-7-11-20-14-9-6-5-8-13(14)18/h5-6,8-9H,3-4,7,10-11H2,1-2H3. The van der Waals surface area contributed by atoms with Crippen molar-refractivity contribution < 1.29 is 9.53 Å². The average molecular weight is 272 g/mol. The topological polar surface area (TPSA) is 53.3 Å². The quantitative estimate of drug-likeness (QED) is 0.849. The van der Waals surface area contributed by atoms with Crippen LogP contribution in [-0.4, -0.2) is 19.1 Å². The van der Waals surface area contributed by atoms with Crippen LogP contribution in [0.5, 0.6) is 5.75 Å². The summed E-state index contributed by atoms with van der Waals surface area (Å²) in [7, 11) is 0. The molecule has 2 rings (SSSR count). The molecule has 1 aromatic rings. The van der Waals surface area contributed by atoms with E-state index in [0.717, 1.165) is 17.9 Å². The van der Waals surface area contributed by atoms with Crippen LogP contribution in [0.1, 0.15) is 33.1 Å². The lowest BCUT2D eigenvalue weighted by atomic mass is 9.82. The molecule has 0 bridgehead atoms. The van der Waals surface area contributed by atoms with Gasteiger partial charge in [-0.25, -0.2) is 0 Å². The molecule has 0 unspecified atom stereocenters. The molecule has 1 aliphatic rings. The van der Waals surface area contributed by atoms with E-state index in [4.69, 9.17) is 4.74 Å². The van der Waals surface area contributed by atoms with Crippen LogP contribution in [0.25, 0.3) is 0 Å². The molecule has 1 amide bonds. The van der Waals surface area contributed by atoms with Gasteiger partial charge in [-0.15, -0.1) is 0 Å². The highest BCUT2D eigenvalue weighted by atomic mass is 16.5. The van der Waals surface area contributed by atoms with E-state index < -0.39 is 5.41 Å². The maximum Gasteiger partial charge on any atom is 0.247 e. The molecule has 106 valence electrons. The van der Waals surface area contributed by atoms with Crippen LogP contribution < -0.4 is 9.64 Å². The molecule has 1 heterocycles. The molecule has 20 heavy (non-hydrogen) atoms. The molecular weight excluding hydrogens is 252 g/mol. The molecule has 0 aliphatic carbocycles. The van der Waals surface area contributed by atoms with Crippen molar-refractivity contribution in [3.8, 4) is 11.8 Å². The average Bonchev–Trinajstić information content (AvgIpc) is 2.71. The molecule has 0 saturated carbocycles. The van der Waals surface area contributed by atoms with E-state index in [1.165, 1.54) is 0 Å². The minimum Gasteiger partial charge on any atom is -0.491 e. The van der Waals surface area contributed by atoms with Crippen molar-refractivity contribution in [1.82, 2.24) is 0 Å². The van der Waals surface area contributed by atoms with E-state index in [0.29, 0.717) is 26.0 Å². The highest BCUT2D eigenvalue weighted by molar-refractivity contribution is 6.00. The molecule has 0 radical (unpaired) electrons. The van der Waals surface area contributed by atoms with Gasteiger partial charge in [0.25, 0.3) is 0 Å². The Labute approximate surface area is 120 Å². The molecule has 4 nitrogen and oxygen atoms in total. The maximum atomic E-state index is 12.9. The van der Waals surface area contributed by atoms with Crippen LogP contribution in [-0.2, 0) is 4.79 Å². The SMILES string of the molecule is CCC(C#N)(CC)C(=O)N1CCCOc2ccccc21. The van der Waals surface area contributed by atoms with Crippen LogP contribution in [0.15, 0.2) is 24.3 Å². The Morgan fingerprint density at radius 2 is 2.10 bits per heavy atom. The number of benzene rings is 1. The van der Waals surface area contributed by atoms with Gasteiger partial charge in [0, 0.05) is 6.54 Å². The number of para-hydroxylation sites is 2. The lowest BCUT2D eigenvalue weighted by Crippen LogP contribution is -2.43. The Morgan fingerprint density at radius 3 is 2.75 bits per heavy atom. The van der Waals surface area contributed by atoms with Gasteiger partial charge in [-0.3, -0.25) is 4.79 Å². The zero-order valence-electron chi connectivity index (χ0n) is 12.1. The summed E-state index contributed by atoms with van der Waals surface area (Å²) in [4.78, 5) is 14.6. The van der Waals surface area contributed by atoms with Crippen LogP contribution in [0.2, 0.25) is 0 Å². The Hall–Kier alpha value is -2.02. The fourth-order valence-electron chi connectivity index (χ4n) is 2.56. The number of carbonyl (C=O) groups is 1. The van der Waals surface area contributed by atoms with Crippen LogP contribution in [0, 0.1) is 16.7 Å². The number of anilines is 1. The van der Waals surface area contributed by atoms with Crippen molar-refractivity contribution in [3.63, 3.8) is 0 Å². The van der Waals surface area contributed by atoms with Crippen LogP contribution in [0.4, 0.5) is 5.69 Å². The molecule has 0 atom stereocenters. The van der Waals surface area contributed by atoms with Gasteiger partial charge in [-0.1, -0.05) is 26.0 Å². The number of rotatable bonds is 3. The number of nitriles is 1. The van der Waals surface area contributed by atoms with E-state index in [1.54, 1.807) is 4.90 Å². The first-order valence-corrected chi connectivity index (χ1v) is 7.13. The zero-order chi connectivity index (χ0) is 14.6. The molecule has 4 heteroatoms. The molecule has 1 aliphatic heterocycles. The van der Waals surface area contributed by atoms with Crippen molar-refractivity contribution in [2.24, 2.45) is 5.41 Å². The van der Waals surface area contributed by atoms with Gasteiger partial charge in [0.15, 0.2) is 0 Å². The third-order valence-electron chi connectivity index (χ3n) is 4.02. The minimum atomic E-state index is -0.933. The third kappa shape index (κ3) is 2.36. The van der Waals surface area contributed by atoms with Gasteiger partial charge in [0.2, 0.25) is 5.91 Å². The molecule has 0 fully saturated rings. The predicted molar refractivity (Wildman–Crippen MR) is 77.5 cm³/mol. The summed E-state index contributed by atoms with van der Waals surface area (Å²) < 4.78 is 5.67. The Bertz CT molecular complexity index is 530. The van der Waals surface area contributed by atoms with E-state index in [9.17, 15) is 10.1 Å². The lowest BCUT2D eigenvalue weighted by molar-refractivity contribution is -0.125. The number of hydrogen-bond donors (Lipinski definition) is 0. The first kappa shape index (κ1) is 14.4. The number of nitrogens with zero attached hydrogens (tertiary/aromatic N) is 2. The Kier molecular flexibility index (Phi) is 4.29. The summed E-state index contributed by atoms with van der Waals surface area (Å²) in [5, 5.41) is 9.47. The summed E-state index contributed by atoms with van der Waals surface area (Å²) in [5.41, 5.74) is -0.159. The Balaban J connectivity index is 2.42. The van der Waals surface area contributed by atoms with Crippen LogP contribution in [0.3, 0.4) is 0 Å². The maximum absolute atomic E-state index is 12.9. The normalized spacial score (nSPS) is 14.8. The predicted octanol–water partition coefficient (Wildman–Crippen LogP) is 3.13. The molecule has 0 N–H and O–H groups in total. The van der Waals surface area contributed by atoms with Gasteiger partial charge in [0.05, 0.1) is 18.4 Å². The summed E-state index contributed by atoms with van der Waals surface area (Å²) >= 11 is 0. The molecule has 1 aromatic carbocycles. The van der Waals surface area contributed by atoms with Crippen LogP contribution >= 0.6 is 0 Å². The summed E-state index contributed by atoms with van der Waals surface area (Å²) in [6.07, 6.45) is 1.83. The number of ether oxygens (including phenoxy) is 1. The van der Waals surface area contributed by atoms with Gasteiger partial charge in [0.1, 0.15) is 11.2 Å². The zero-order valence-corrected chi connectivity index (χ0v) is 12.1. The second-order valence-electron chi connectivity index (χ2n) is 5.03. The summed E-state index contributed by atoms with van der Waals surface area (Å²) in [6, 6.07) is 9.76. The highest BCUT2D eigenvalue weighted by Crippen LogP contribution is 2.36. The van der Waals surface area contributed by atoms with E-state index in [1.807, 2.05) is 38.1 Å². The highest BCUT2D eigenvalue weighted by Gasteiger charge is 2.39. The largest absolute Gasteiger partial charge is 0.491 e. The smallest absolute Gasteiger partial charge is 0.247 e. The Morgan fingerprint density at radius 1 is 1.40 bits per heavy atom. The van der Waals surface area contributed by atoms with Gasteiger partial charge in [-0.05, 0) is 31.4 Å². The fraction of sp³-hybridized carbons (Fsp3) is 0.500. The van der Waals surface area contributed by atoms with E-state index in [-0.39, 0.29) is 5.91 Å². The molecule has 0 aromatic heterocycles. The number of amides is 1. The number of carbonyl (C=O) groups excluding carboxylic acids is 1. The monoisotopic (exact) mass is 272 g/mol. The molecular formula is C16H20N2O2. The van der Waals surface area contributed by atoms with Gasteiger partial charge in [-0.2, -0.15) is 5.26 Å². The van der Waals surface area contributed by atoms with Crippen molar-refractivity contribution >= 4 is 11.6 Å². The van der Waals surface area contributed by atoms with Crippen molar-refractivity contribution in [3.05, 3.63) is 24.3 Å². The van der Waals surface area contributed by atoms with Crippen molar-refractivity contribution in [2.45, 2.75) is 33.1 Å². The molecule has 0 saturated heterocycles. The summed E-state index contributed by atoms with van der Waals surface area (Å²) in [6.45, 7) is 4.98. The first-order chi connectivity index (χ1) is 9.68. The van der Waals surface area contributed by atoms with E-state index >= 15 is 0 Å². The molecule has 0 spiro atoms. The number of fused-ring (bicyclic) bond motifs is 1. The second kappa shape index (κ2) is 5.96. The first-order valence-electron chi connectivity index (χ1n) is 7.13. The number of hydrogen-bond acceptors (Lipinski definition) is 3. The van der Waals surface area contributed by atoms with Crippen molar-refractivity contribution in [2.75, 3.05) is 18.1 Å². The van der Waals surface area contributed by atoms with Crippen molar-refractivity contribution in [1.29, 1.82) is 5.26 Å². The van der Waals surface area contributed by atoms with Gasteiger partial charge >= 0.3 is 0 Å². The fourth-order valence-corrected chi connectivity index (χ4v) is 2.56. The lowest BCUT2D eigenvalue weighted by Gasteiger charge is -2.30. The minimum absolute atomic E-state index is 0.108. The summed E-state index contributed by atoms with van der Waals surface area (Å²) in [5.74, 6) is 0.611.